The van der Waals surface area contributed by atoms with Gasteiger partial charge in [0, 0.05) is 17.0 Å². The van der Waals surface area contributed by atoms with Gasteiger partial charge in [-0.2, -0.15) is 0 Å². The molecular weight excluding hydrogens is 340 g/mol. The number of benzene rings is 1. The predicted molar refractivity (Wildman–Crippen MR) is 101 cm³/mol. The molecule has 2 rings (SSSR count). The van der Waals surface area contributed by atoms with Crippen LogP contribution in [0.3, 0.4) is 0 Å². The third-order valence-electron chi connectivity index (χ3n) is 4.50. The van der Waals surface area contributed by atoms with Crippen molar-refractivity contribution in [2.24, 2.45) is 0 Å². The predicted octanol–water partition coefficient (Wildman–Crippen LogP) is 5.23. The number of carbonyl (C=O) groups is 1. The highest BCUT2D eigenvalue weighted by atomic mass is 35.5. The second kappa shape index (κ2) is 8.52. The molecule has 0 bridgehead atoms. The van der Waals surface area contributed by atoms with Crippen LogP contribution in [0.5, 0.6) is 5.75 Å². The van der Waals surface area contributed by atoms with Gasteiger partial charge in [-0.25, -0.2) is 4.79 Å². The molecule has 0 spiro atoms. The monoisotopic (exact) mass is 364 g/mol. The minimum Gasteiger partial charge on any atom is -0.481 e. The van der Waals surface area contributed by atoms with Gasteiger partial charge >= 0.3 is 5.63 Å². The first-order chi connectivity index (χ1) is 11.8. The third kappa shape index (κ3) is 4.63. The van der Waals surface area contributed by atoms with Crippen molar-refractivity contribution in [2.45, 2.75) is 65.9 Å². The van der Waals surface area contributed by atoms with Crippen molar-refractivity contribution in [3.8, 4) is 5.75 Å². The highest BCUT2D eigenvalue weighted by molar-refractivity contribution is 6.32. The Kier molecular flexibility index (Phi) is 6.65. The van der Waals surface area contributed by atoms with Crippen molar-refractivity contribution in [3.63, 3.8) is 0 Å². The van der Waals surface area contributed by atoms with Crippen LogP contribution in [0.25, 0.3) is 11.0 Å². The van der Waals surface area contributed by atoms with Crippen LogP contribution in [0.1, 0.15) is 57.6 Å². The van der Waals surface area contributed by atoms with Crippen molar-refractivity contribution in [1.29, 1.82) is 0 Å². The van der Waals surface area contributed by atoms with E-state index in [-0.39, 0.29) is 11.4 Å². The van der Waals surface area contributed by atoms with E-state index in [4.69, 9.17) is 20.8 Å². The van der Waals surface area contributed by atoms with E-state index in [1.165, 1.54) is 13.3 Å². The van der Waals surface area contributed by atoms with E-state index in [2.05, 4.69) is 6.92 Å². The van der Waals surface area contributed by atoms with Crippen LogP contribution in [0.15, 0.2) is 21.3 Å². The molecule has 0 N–H and O–H groups in total. The molecule has 0 aliphatic carbocycles. The first-order valence-electron chi connectivity index (χ1n) is 8.78. The number of halogens is 1. The summed E-state index contributed by atoms with van der Waals surface area (Å²) >= 11 is 6.31. The number of ketones is 1. The second-order valence-electron chi connectivity index (χ2n) is 6.45. The van der Waals surface area contributed by atoms with Crippen LogP contribution in [0.2, 0.25) is 5.02 Å². The summed E-state index contributed by atoms with van der Waals surface area (Å²) in [6.07, 6.45) is 4.49. The average molecular weight is 365 g/mol. The first kappa shape index (κ1) is 19.5. The number of hydrogen-bond acceptors (Lipinski definition) is 4. The van der Waals surface area contributed by atoms with Gasteiger partial charge in [0.05, 0.1) is 5.02 Å². The molecule has 0 fully saturated rings. The van der Waals surface area contributed by atoms with Gasteiger partial charge < -0.3 is 9.15 Å². The summed E-state index contributed by atoms with van der Waals surface area (Å²) < 4.78 is 11.1. The molecule has 0 aliphatic rings. The second-order valence-corrected chi connectivity index (χ2v) is 6.86. The lowest BCUT2D eigenvalue weighted by Crippen LogP contribution is -2.20. The minimum absolute atomic E-state index is 0.101. The number of aryl methyl sites for hydroxylation is 1. The van der Waals surface area contributed by atoms with Gasteiger partial charge in [-0.3, -0.25) is 4.79 Å². The van der Waals surface area contributed by atoms with E-state index in [0.717, 1.165) is 30.2 Å². The lowest BCUT2D eigenvalue weighted by Gasteiger charge is -2.14. The molecule has 2 aromatic rings. The highest BCUT2D eigenvalue weighted by Gasteiger charge is 2.16. The molecule has 5 heteroatoms. The zero-order chi connectivity index (χ0) is 18.6. The maximum Gasteiger partial charge on any atom is 0.339 e. The number of carbonyl (C=O) groups excluding carboxylic acids is 1. The van der Waals surface area contributed by atoms with Crippen LogP contribution in [0.4, 0.5) is 0 Å². The normalized spacial score (nSPS) is 12.4. The van der Waals surface area contributed by atoms with Crippen molar-refractivity contribution < 1.29 is 13.9 Å². The molecule has 1 aromatic carbocycles. The molecule has 0 amide bonds. The minimum atomic E-state index is -0.611. The van der Waals surface area contributed by atoms with Gasteiger partial charge in [0.1, 0.15) is 11.3 Å². The van der Waals surface area contributed by atoms with Crippen LogP contribution >= 0.6 is 11.6 Å². The SMILES string of the molecule is CCCCCCc1c(C)c2cc(Cl)c(O[C@@H](C)C(C)=O)cc2oc1=O. The molecule has 1 heterocycles. The van der Waals surface area contributed by atoms with Crippen molar-refractivity contribution in [3.05, 3.63) is 38.7 Å². The number of rotatable bonds is 8. The Hall–Kier alpha value is -1.81. The van der Waals surface area contributed by atoms with Crippen molar-refractivity contribution in [1.82, 2.24) is 0 Å². The molecule has 0 saturated heterocycles. The molecule has 0 radical (unpaired) electrons. The Balaban J connectivity index is 2.38. The van der Waals surface area contributed by atoms with Crippen molar-refractivity contribution >= 4 is 28.4 Å². The molecule has 136 valence electrons. The van der Waals surface area contributed by atoms with E-state index >= 15 is 0 Å². The summed E-state index contributed by atoms with van der Waals surface area (Å²) in [6.45, 7) is 7.19. The van der Waals surface area contributed by atoms with E-state index in [9.17, 15) is 9.59 Å². The molecule has 1 aromatic heterocycles. The summed E-state index contributed by atoms with van der Waals surface area (Å²) in [6, 6.07) is 3.33. The fourth-order valence-electron chi connectivity index (χ4n) is 2.77. The zero-order valence-corrected chi connectivity index (χ0v) is 16.0. The van der Waals surface area contributed by atoms with Crippen molar-refractivity contribution in [2.75, 3.05) is 0 Å². The number of Topliss-reactive ketones (excluding diaryl/α,β-unsaturated/α-hetero) is 1. The lowest BCUT2D eigenvalue weighted by atomic mass is 10.0. The van der Waals surface area contributed by atoms with Gasteiger partial charge in [0.25, 0.3) is 0 Å². The summed E-state index contributed by atoms with van der Waals surface area (Å²) in [4.78, 5) is 23.7. The standard InChI is InChI=1S/C20H25ClO4/c1-5-6-7-8-9-15-12(2)16-10-17(21)19(24-14(4)13(3)22)11-18(16)25-20(15)23/h10-11,14H,5-9H2,1-4H3/t14-/m0/s1. The number of unbranched alkanes of at least 4 members (excludes halogenated alkanes) is 3. The summed E-state index contributed by atoms with van der Waals surface area (Å²) in [5, 5.41) is 1.20. The fraction of sp³-hybridized carbons (Fsp3) is 0.500. The lowest BCUT2D eigenvalue weighted by molar-refractivity contribution is -0.122. The van der Waals surface area contributed by atoms with Gasteiger partial charge in [-0.05, 0) is 45.2 Å². The smallest absolute Gasteiger partial charge is 0.339 e. The van der Waals surface area contributed by atoms with Crippen LogP contribution < -0.4 is 10.4 Å². The molecule has 25 heavy (non-hydrogen) atoms. The molecule has 0 unspecified atom stereocenters. The maximum absolute atomic E-state index is 12.3. The van der Waals surface area contributed by atoms with Crippen LogP contribution in [-0.2, 0) is 11.2 Å². The van der Waals surface area contributed by atoms with Gasteiger partial charge in [-0.1, -0.05) is 37.8 Å². The first-order valence-corrected chi connectivity index (χ1v) is 9.15. The largest absolute Gasteiger partial charge is 0.481 e. The third-order valence-corrected chi connectivity index (χ3v) is 4.79. The maximum atomic E-state index is 12.3. The van der Waals surface area contributed by atoms with Crippen LogP contribution in [0, 0.1) is 6.92 Å². The molecule has 1 atom stereocenters. The molecule has 4 nitrogen and oxygen atoms in total. The number of hydrogen-bond donors (Lipinski definition) is 0. The fourth-order valence-corrected chi connectivity index (χ4v) is 2.98. The Labute approximate surface area is 153 Å². The topological polar surface area (TPSA) is 56.5 Å². The summed E-state index contributed by atoms with van der Waals surface area (Å²) in [5.41, 5.74) is 1.73. The average Bonchev–Trinajstić information content (AvgIpc) is 2.55. The Morgan fingerprint density at radius 2 is 2.00 bits per heavy atom. The van der Waals surface area contributed by atoms with E-state index in [0.29, 0.717) is 28.3 Å². The van der Waals surface area contributed by atoms with Crippen LogP contribution in [-0.4, -0.2) is 11.9 Å². The molecule has 0 aliphatic heterocycles. The van der Waals surface area contributed by atoms with E-state index in [1.807, 2.05) is 6.92 Å². The van der Waals surface area contributed by atoms with Gasteiger partial charge in [-0.15, -0.1) is 0 Å². The quantitative estimate of drug-likeness (QED) is 0.475. The van der Waals surface area contributed by atoms with Gasteiger partial charge in [0.15, 0.2) is 11.9 Å². The molecule has 0 saturated carbocycles. The summed E-state index contributed by atoms with van der Waals surface area (Å²) in [7, 11) is 0. The number of fused-ring (bicyclic) bond motifs is 1. The zero-order valence-electron chi connectivity index (χ0n) is 15.3. The van der Waals surface area contributed by atoms with E-state index < -0.39 is 6.10 Å². The number of ether oxygens (including phenoxy) is 1. The van der Waals surface area contributed by atoms with E-state index in [1.54, 1.807) is 19.1 Å². The van der Waals surface area contributed by atoms with Gasteiger partial charge in [0.2, 0.25) is 0 Å². The Bertz CT molecular complexity index is 823. The summed E-state index contributed by atoms with van der Waals surface area (Å²) in [5.74, 6) is 0.242. The Morgan fingerprint density at radius 3 is 2.64 bits per heavy atom. The highest BCUT2D eigenvalue weighted by Crippen LogP contribution is 2.32. The molecular formula is C20H25ClO4. The Morgan fingerprint density at radius 1 is 1.28 bits per heavy atom.